The number of halogens is 2. The molecule has 3 heterocycles. The molecule has 9 heteroatoms. The van der Waals surface area contributed by atoms with Gasteiger partial charge in [-0.2, -0.15) is 0 Å². The van der Waals surface area contributed by atoms with Gasteiger partial charge in [-0.3, -0.25) is 9.69 Å². The van der Waals surface area contributed by atoms with Crippen LogP contribution in [0.4, 0.5) is 4.39 Å². The van der Waals surface area contributed by atoms with E-state index in [2.05, 4.69) is 19.9 Å². The van der Waals surface area contributed by atoms with Crippen molar-refractivity contribution in [2.75, 3.05) is 6.54 Å². The zero-order chi connectivity index (χ0) is 19.0. The number of H-pyrrole nitrogens is 1. The largest absolute Gasteiger partial charge is 0.506 e. The SMILES string of the molecule is O=c1[nH]c(-c2cncnc2)nc2c1CN(Cc1cc(F)cc(Cl)c1O)CC2. The fourth-order valence-electron chi connectivity index (χ4n) is 3.15. The number of aromatic nitrogens is 4. The van der Waals surface area contributed by atoms with Gasteiger partial charge in [-0.1, -0.05) is 11.6 Å². The molecule has 2 N–H and O–H groups in total. The van der Waals surface area contributed by atoms with Crippen LogP contribution in [0.5, 0.6) is 5.75 Å². The van der Waals surface area contributed by atoms with E-state index in [1.165, 1.54) is 12.4 Å². The van der Waals surface area contributed by atoms with Gasteiger partial charge in [0.1, 0.15) is 23.7 Å². The summed E-state index contributed by atoms with van der Waals surface area (Å²) in [6.07, 6.45) is 5.14. The van der Waals surface area contributed by atoms with Crippen LogP contribution in [0.3, 0.4) is 0 Å². The van der Waals surface area contributed by atoms with Gasteiger partial charge in [0.2, 0.25) is 0 Å². The van der Waals surface area contributed by atoms with Gasteiger partial charge in [-0.05, 0) is 12.1 Å². The molecular formula is C18H15ClFN5O2. The Hall–Kier alpha value is -2.84. The fourth-order valence-corrected chi connectivity index (χ4v) is 3.38. The summed E-state index contributed by atoms with van der Waals surface area (Å²) in [6.45, 7) is 1.23. The number of aromatic hydroxyl groups is 1. The molecule has 0 radical (unpaired) electrons. The second-order valence-electron chi connectivity index (χ2n) is 6.32. The summed E-state index contributed by atoms with van der Waals surface area (Å²) in [5, 5.41) is 10.0. The second-order valence-corrected chi connectivity index (χ2v) is 6.73. The van der Waals surface area contributed by atoms with Gasteiger partial charge in [0.15, 0.2) is 0 Å². The summed E-state index contributed by atoms with van der Waals surface area (Å²) in [7, 11) is 0. The van der Waals surface area contributed by atoms with E-state index in [1.807, 2.05) is 4.90 Å². The summed E-state index contributed by atoms with van der Waals surface area (Å²) < 4.78 is 13.6. The van der Waals surface area contributed by atoms with Crippen molar-refractivity contribution in [1.29, 1.82) is 0 Å². The van der Waals surface area contributed by atoms with Crippen LogP contribution in [0.1, 0.15) is 16.8 Å². The van der Waals surface area contributed by atoms with E-state index in [0.717, 1.165) is 11.8 Å². The lowest BCUT2D eigenvalue weighted by Gasteiger charge is -2.28. The summed E-state index contributed by atoms with van der Waals surface area (Å²) in [5.41, 5.74) is 2.06. The summed E-state index contributed by atoms with van der Waals surface area (Å²) in [4.78, 5) is 29.7. The van der Waals surface area contributed by atoms with Crippen molar-refractivity contribution in [1.82, 2.24) is 24.8 Å². The molecule has 1 aliphatic rings. The summed E-state index contributed by atoms with van der Waals surface area (Å²) in [5.74, 6) is -0.225. The molecule has 4 rings (SSSR count). The van der Waals surface area contributed by atoms with Crippen LogP contribution in [0, 0.1) is 5.82 Å². The molecule has 1 aromatic carbocycles. The third-order valence-electron chi connectivity index (χ3n) is 4.48. The lowest BCUT2D eigenvalue weighted by atomic mass is 10.1. The van der Waals surface area contributed by atoms with Gasteiger partial charge >= 0.3 is 0 Å². The Morgan fingerprint density at radius 3 is 2.85 bits per heavy atom. The van der Waals surface area contributed by atoms with Gasteiger partial charge in [-0.15, -0.1) is 0 Å². The molecule has 0 aliphatic carbocycles. The van der Waals surface area contributed by atoms with Crippen LogP contribution in [0.15, 0.2) is 35.6 Å². The van der Waals surface area contributed by atoms with Crippen LogP contribution < -0.4 is 5.56 Å². The molecule has 0 bridgehead atoms. The Morgan fingerprint density at radius 2 is 2.07 bits per heavy atom. The Morgan fingerprint density at radius 1 is 1.30 bits per heavy atom. The minimum absolute atomic E-state index is 0.0309. The number of nitrogens with zero attached hydrogens (tertiary/aromatic N) is 4. The van der Waals surface area contributed by atoms with Gasteiger partial charge in [0, 0.05) is 44.0 Å². The molecule has 0 atom stereocenters. The molecule has 0 saturated carbocycles. The van der Waals surface area contributed by atoms with Crippen molar-refractivity contribution in [3.63, 3.8) is 0 Å². The lowest BCUT2D eigenvalue weighted by Crippen LogP contribution is -2.35. The Balaban J connectivity index is 1.60. The van der Waals surface area contributed by atoms with Crippen molar-refractivity contribution < 1.29 is 9.50 Å². The van der Waals surface area contributed by atoms with Crippen LogP contribution in [0.2, 0.25) is 5.02 Å². The highest BCUT2D eigenvalue weighted by Crippen LogP contribution is 2.30. The minimum atomic E-state index is -0.514. The fraction of sp³-hybridized carbons (Fsp3) is 0.222. The van der Waals surface area contributed by atoms with Crippen LogP contribution in [0.25, 0.3) is 11.4 Å². The minimum Gasteiger partial charge on any atom is -0.506 e. The van der Waals surface area contributed by atoms with E-state index in [1.54, 1.807) is 12.4 Å². The maximum atomic E-state index is 13.6. The molecule has 27 heavy (non-hydrogen) atoms. The average Bonchev–Trinajstić information content (AvgIpc) is 2.67. The first-order valence-corrected chi connectivity index (χ1v) is 8.66. The molecule has 2 aromatic heterocycles. The van der Waals surface area contributed by atoms with Crippen molar-refractivity contribution in [3.8, 4) is 17.1 Å². The number of rotatable bonds is 3. The van der Waals surface area contributed by atoms with Crippen LogP contribution in [-0.4, -0.2) is 36.5 Å². The second kappa shape index (κ2) is 7.05. The standard InChI is InChI=1S/C18H15ClFN5O2/c19-14-4-12(20)3-10(16(14)26)7-25-2-1-15-13(8-25)18(27)24-17(23-15)11-5-21-9-22-6-11/h3-6,9,26H,1-2,7-8H2,(H,23,24,27). The maximum Gasteiger partial charge on any atom is 0.255 e. The van der Waals surface area contributed by atoms with Gasteiger partial charge < -0.3 is 10.1 Å². The van der Waals surface area contributed by atoms with Crippen molar-refractivity contribution in [3.05, 3.63) is 68.9 Å². The topological polar surface area (TPSA) is 95.0 Å². The monoisotopic (exact) mass is 387 g/mol. The number of phenols is 1. The molecule has 0 saturated heterocycles. The molecule has 138 valence electrons. The van der Waals surface area contributed by atoms with Crippen molar-refractivity contribution in [2.24, 2.45) is 0 Å². The Labute approximate surface area is 158 Å². The molecule has 1 aliphatic heterocycles. The maximum absolute atomic E-state index is 13.6. The van der Waals surface area contributed by atoms with Crippen molar-refractivity contribution >= 4 is 11.6 Å². The highest BCUT2D eigenvalue weighted by atomic mass is 35.5. The zero-order valence-corrected chi connectivity index (χ0v) is 14.9. The number of phenolic OH excluding ortho intramolecular Hbond substituents is 1. The summed E-state index contributed by atoms with van der Waals surface area (Å²) in [6, 6.07) is 2.31. The molecule has 0 unspecified atom stereocenters. The molecule has 0 spiro atoms. The van der Waals surface area contributed by atoms with Crippen LogP contribution >= 0.6 is 11.6 Å². The molecule has 3 aromatic rings. The van der Waals surface area contributed by atoms with Gasteiger partial charge in [-0.25, -0.2) is 19.3 Å². The highest BCUT2D eigenvalue weighted by molar-refractivity contribution is 6.32. The predicted molar refractivity (Wildman–Crippen MR) is 96.8 cm³/mol. The van der Waals surface area contributed by atoms with E-state index in [-0.39, 0.29) is 22.9 Å². The first-order valence-electron chi connectivity index (χ1n) is 8.28. The van der Waals surface area contributed by atoms with E-state index < -0.39 is 5.82 Å². The van der Waals surface area contributed by atoms with Gasteiger partial charge in [0.25, 0.3) is 5.56 Å². The van der Waals surface area contributed by atoms with Gasteiger partial charge in [0.05, 0.1) is 21.8 Å². The van der Waals surface area contributed by atoms with E-state index in [0.29, 0.717) is 42.0 Å². The number of aromatic amines is 1. The normalized spacial score (nSPS) is 14.1. The number of nitrogens with one attached hydrogen (secondary N) is 1. The number of hydrogen-bond donors (Lipinski definition) is 2. The molecule has 0 amide bonds. The number of fused-ring (bicyclic) bond motifs is 1. The number of hydrogen-bond acceptors (Lipinski definition) is 6. The van der Waals surface area contributed by atoms with E-state index in [4.69, 9.17) is 11.6 Å². The predicted octanol–water partition coefficient (Wildman–Crippen LogP) is 2.28. The van der Waals surface area contributed by atoms with E-state index >= 15 is 0 Å². The summed E-state index contributed by atoms with van der Waals surface area (Å²) >= 11 is 5.84. The lowest BCUT2D eigenvalue weighted by molar-refractivity contribution is 0.238. The van der Waals surface area contributed by atoms with Crippen molar-refractivity contribution in [2.45, 2.75) is 19.5 Å². The smallest absolute Gasteiger partial charge is 0.255 e. The van der Waals surface area contributed by atoms with E-state index in [9.17, 15) is 14.3 Å². The first-order chi connectivity index (χ1) is 13.0. The quantitative estimate of drug-likeness (QED) is 0.716. The molecule has 7 nitrogen and oxygen atoms in total. The zero-order valence-electron chi connectivity index (χ0n) is 14.1. The number of benzene rings is 1. The molecule has 0 fully saturated rings. The third kappa shape index (κ3) is 3.54. The molecular weight excluding hydrogens is 373 g/mol. The van der Waals surface area contributed by atoms with Crippen LogP contribution in [-0.2, 0) is 19.5 Å². The third-order valence-corrected chi connectivity index (χ3v) is 4.77. The Bertz CT molecular complexity index is 1060. The Kier molecular flexibility index (Phi) is 4.59. The highest BCUT2D eigenvalue weighted by Gasteiger charge is 2.23. The first kappa shape index (κ1) is 17.6. The average molecular weight is 388 g/mol.